The summed E-state index contributed by atoms with van der Waals surface area (Å²) in [5.41, 5.74) is 8.20. The highest BCUT2D eigenvalue weighted by Crippen LogP contribution is 2.35. The van der Waals surface area contributed by atoms with Gasteiger partial charge in [0, 0.05) is 16.6 Å². The van der Waals surface area contributed by atoms with Crippen LogP contribution in [0.4, 0.5) is 0 Å². The zero-order chi connectivity index (χ0) is 15.4. The molecular formula is C17H19BrClNO. The van der Waals surface area contributed by atoms with E-state index in [4.69, 9.17) is 22.1 Å². The van der Waals surface area contributed by atoms with E-state index in [1.165, 1.54) is 5.56 Å². The van der Waals surface area contributed by atoms with Crippen LogP contribution in [0, 0.1) is 6.92 Å². The summed E-state index contributed by atoms with van der Waals surface area (Å²) in [5, 5.41) is 0.694. The smallest absolute Gasteiger partial charge is 0.141 e. The molecule has 1 atom stereocenters. The molecule has 0 radical (unpaired) electrons. The number of aryl methyl sites for hydroxylation is 1. The van der Waals surface area contributed by atoms with Gasteiger partial charge < -0.3 is 10.5 Å². The van der Waals surface area contributed by atoms with Gasteiger partial charge in [-0.2, -0.15) is 0 Å². The lowest BCUT2D eigenvalue weighted by atomic mass is 10.0. The first-order valence-corrected chi connectivity index (χ1v) is 8.15. The molecule has 21 heavy (non-hydrogen) atoms. The molecule has 112 valence electrons. The van der Waals surface area contributed by atoms with Gasteiger partial charge in [0.15, 0.2) is 0 Å². The fourth-order valence-electron chi connectivity index (χ4n) is 2.05. The predicted octanol–water partition coefficient (Wildman–Crippen LogP) is 5.48. The van der Waals surface area contributed by atoms with Crippen LogP contribution in [0.25, 0.3) is 0 Å². The first kappa shape index (κ1) is 16.3. The van der Waals surface area contributed by atoms with Crippen molar-refractivity contribution in [3.63, 3.8) is 0 Å². The molecule has 0 bridgehead atoms. The minimum atomic E-state index is 0.0775. The molecule has 2 aromatic rings. The zero-order valence-corrected chi connectivity index (χ0v) is 14.5. The van der Waals surface area contributed by atoms with Crippen LogP contribution in [0.5, 0.6) is 11.5 Å². The lowest BCUT2D eigenvalue weighted by Gasteiger charge is -2.16. The van der Waals surface area contributed by atoms with E-state index in [1.54, 1.807) is 0 Å². The second-order valence-electron chi connectivity index (χ2n) is 5.12. The van der Waals surface area contributed by atoms with Crippen LogP contribution >= 0.6 is 27.5 Å². The Bertz CT molecular complexity index is 630. The molecule has 0 aromatic heterocycles. The lowest BCUT2D eigenvalue weighted by molar-refractivity contribution is 0.469. The fraction of sp³-hybridized carbons (Fsp3) is 0.294. The Labute approximate surface area is 139 Å². The van der Waals surface area contributed by atoms with Crippen molar-refractivity contribution in [1.82, 2.24) is 0 Å². The topological polar surface area (TPSA) is 35.2 Å². The summed E-state index contributed by atoms with van der Waals surface area (Å²) in [6, 6.07) is 11.8. The number of hydrogen-bond acceptors (Lipinski definition) is 2. The molecule has 0 heterocycles. The van der Waals surface area contributed by atoms with E-state index in [9.17, 15) is 0 Å². The number of benzene rings is 2. The van der Waals surface area contributed by atoms with Crippen molar-refractivity contribution in [2.24, 2.45) is 5.73 Å². The summed E-state index contributed by atoms with van der Waals surface area (Å²) < 4.78 is 6.96. The standard InChI is InChI=1S/C17H19BrClNO/c1-3-12(20)10-13-15(19)5-4-6-16(13)21-17-8-7-11(2)9-14(17)18/h4-9,12H,3,10,20H2,1-2H3. The maximum atomic E-state index is 6.31. The maximum Gasteiger partial charge on any atom is 0.141 e. The van der Waals surface area contributed by atoms with Gasteiger partial charge in [-0.3, -0.25) is 0 Å². The highest BCUT2D eigenvalue weighted by atomic mass is 79.9. The van der Waals surface area contributed by atoms with Crippen molar-refractivity contribution in [2.45, 2.75) is 32.7 Å². The van der Waals surface area contributed by atoms with Crippen molar-refractivity contribution in [2.75, 3.05) is 0 Å². The van der Waals surface area contributed by atoms with E-state index in [1.807, 2.05) is 43.3 Å². The summed E-state index contributed by atoms with van der Waals surface area (Å²) in [6.45, 7) is 4.11. The zero-order valence-electron chi connectivity index (χ0n) is 12.2. The quantitative estimate of drug-likeness (QED) is 0.758. The SMILES string of the molecule is CCC(N)Cc1c(Cl)cccc1Oc1ccc(C)cc1Br. The normalized spacial score (nSPS) is 12.2. The van der Waals surface area contributed by atoms with E-state index >= 15 is 0 Å². The lowest BCUT2D eigenvalue weighted by Crippen LogP contribution is -2.21. The van der Waals surface area contributed by atoms with E-state index in [0.717, 1.165) is 28.0 Å². The largest absolute Gasteiger partial charge is 0.456 e. The summed E-state index contributed by atoms with van der Waals surface area (Å²) in [5.74, 6) is 1.53. The fourth-order valence-corrected chi connectivity index (χ4v) is 2.86. The molecule has 4 heteroatoms. The number of hydrogen-bond donors (Lipinski definition) is 1. The van der Waals surface area contributed by atoms with Gasteiger partial charge in [-0.15, -0.1) is 0 Å². The first-order valence-electron chi connectivity index (χ1n) is 6.98. The molecule has 0 fully saturated rings. The highest BCUT2D eigenvalue weighted by Gasteiger charge is 2.13. The molecule has 0 spiro atoms. The molecule has 0 aliphatic carbocycles. The molecule has 0 aliphatic heterocycles. The van der Waals surface area contributed by atoms with E-state index in [-0.39, 0.29) is 6.04 Å². The summed E-state index contributed by atoms with van der Waals surface area (Å²) >= 11 is 9.84. The van der Waals surface area contributed by atoms with Crippen LogP contribution in [0.2, 0.25) is 5.02 Å². The van der Waals surface area contributed by atoms with Crippen LogP contribution in [0.3, 0.4) is 0 Å². The van der Waals surface area contributed by atoms with Crippen LogP contribution in [-0.2, 0) is 6.42 Å². The van der Waals surface area contributed by atoms with Gasteiger partial charge in [0.1, 0.15) is 11.5 Å². The number of rotatable bonds is 5. The van der Waals surface area contributed by atoms with Crippen molar-refractivity contribution in [3.8, 4) is 11.5 Å². The molecule has 0 amide bonds. The molecule has 0 saturated carbocycles. The molecule has 2 rings (SSSR count). The third-order valence-electron chi connectivity index (χ3n) is 3.37. The van der Waals surface area contributed by atoms with Gasteiger partial charge in [0.05, 0.1) is 4.47 Å². The molecule has 0 saturated heterocycles. The number of halogens is 2. The van der Waals surface area contributed by atoms with Gasteiger partial charge >= 0.3 is 0 Å². The molecule has 2 N–H and O–H groups in total. The number of ether oxygens (including phenoxy) is 1. The molecular weight excluding hydrogens is 350 g/mol. The van der Waals surface area contributed by atoms with Gasteiger partial charge in [-0.25, -0.2) is 0 Å². The molecule has 0 aliphatic rings. The van der Waals surface area contributed by atoms with Crippen molar-refractivity contribution in [1.29, 1.82) is 0 Å². The van der Waals surface area contributed by atoms with Crippen molar-refractivity contribution < 1.29 is 4.74 Å². The highest BCUT2D eigenvalue weighted by molar-refractivity contribution is 9.10. The van der Waals surface area contributed by atoms with Gasteiger partial charge in [-0.1, -0.05) is 30.7 Å². The second-order valence-corrected chi connectivity index (χ2v) is 6.39. The summed E-state index contributed by atoms with van der Waals surface area (Å²) in [4.78, 5) is 0. The average Bonchev–Trinajstić information content (AvgIpc) is 2.45. The van der Waals surface area contributed by atoms with E-state index < -0.39 is 0 Å². The first-order chi connectivity index (χ1) is 10.0. The predicted molar refractivity (Wildman–Crippen MR) is 92.4 cm³/mol. The van der Waals surface area contributed by atoms with Crippen LogP contribution in [0.15, 0.2) is 40.9 Å². The average molecular weight is 369 g/mol. The Morgan fingerprint density at radius 2 is 2.00 bits per heavy atom. The van der Waals surface area contributed by atoms with Gasteiger partial charge in [-0.05, 0) is 65.5 Å². The van der Waals surface area contributed by atoms with Crippen molar-refractivity contribution >= 4 is 27.5 Å². The third kappa shape index (κ3) is 4.22. The van der Waals surface area contributed by atoms with Crippen LogP contribution in [-0.4, -0.2) is 6.04 Å². The maximum absolute atomic E-state index is 6.31. The van der Waals surface area contributed by atoms with Gasteiger partial charge in [0.25, 0.3) is 0 Å². The van der Waals surface area contributed by atoms with Crippen LogP contribution in [0.1, 0.15) is 24.5 Å². The molecule has 2 aromatic carbocycles. The van der Waals surface area contributed by atoms with E-state index in [0.29, 0.717) is 11.4 Å². The minimum absolute atomic E-state index is 0.0775. The summed E-state index contributed by atoms with van der Waals surface area (Å²) in [6.07, 6.45) is 1.61. The Hall–Kier alpha value is -1.03. The Kier molecular flexibility index (Phi) is 5.68. The molecule has 1 unspecified atom stereocenters. The number of nitrogens with two attached hydrogens (primary N) is 1. The molecule has 2 nitrogen and oxygen atoms in total. The third-order valence-corrected chi connectivity index (χ3v) is 4.35. The Morgan fingerprint density at radius 3 is 2.67 bits per heavy atom. The second kappa shape index (κ2) is 7.30. The van der Waals surface area contributed by atoms with Gasteiger partial charge in [0.2, 0.25) is 0 Å². The minimum Gasteiger partial charge on any atom is -0.456 e. The van der Waals surface area contributed by atoms with Crippen LogP contribution < -0.4 is 10.5 Å². The monoisotopic (exact) mass is 367 g/mol. The Morgan fingerprint density at radius 1 is 1.24 bits per heavy atom. The summed E-state index contributed by atoms with van der Waals surface area (Å²) in [7, 11) is 0. The Balaban J connectivity index is 2.33. The van der Waals surface area contributed by atoms with E-state index in [2.05, 4.69) is 22.9 Å². The van der Waals surface area contributed by atoms with Crippen molar-refractivity contribution in [3.05, 3.63) is 57.0 Å².